The largest absolute Gasteiger partial charge is 0.418 e. The number of sulfonamides is 1. The minimum absolute atomic E-state index is 0.00350. The zero-order valence-corrected chi connectivity index (χ0v) is 29.7. The molecule has 0 unspecified atom stereocenters. The lowest BCUT2D eigenvalue weighted by Crippen LogP contribution is -2.31. The summed E-state index contributed by atoms with van der Waals surface area (Å²) in [5, 5.41) is 6.73. The number of amides is 2. The first-order valence-corrected chi connectivity index (χ1v) is 18.0. The van der Waals surface area contributed by atoms with Crippen LogP contribution >= 0.6 is 0 Å². The maximum atomic E-state index is 15.9. The Labute approximate surface area is 306 Å². The fraction of sp³-hybridized carbons (Fsp3) is 0.243. The first kappa shape index (κ1) is 39.5. The van der Waals surface area contributed by atoms with Crippen molar-refractivity contribution in [1.82, 2.24) is 24.4 Å². The number of aryl methyl sites for hydroxylation is 1. The third-order valence-corrected chi connectivity index (χ3v) is 9.68. The minimum atomic E-state index is -4.93. The van der Waals surface area contributed by atoms with Crippen LogP contribution in [-0.2, 0) is 33.9 Å². The molecule has 0 saturated carbocycles. The van der Waals surface area contributed by atoms with Gasteiger partial charge < -0.3 is 10.1 Å². The van der Waals surface area contributed by atoms with Gasteiger partial charge in [0.1, 0.15) is 17.5 Å². The fourth-order valence-electron chi connectivity index (χ4n) is 5.56. The van der Waals surface area contributed by atoms with Gasteiger partial charge in [0.05, 0.1) is 34.9 Å². The molecular formula is C37H34F5N5O6S. The second kappa shape index (κ2) is 16.6. The maximum Gasteiger partial charge on any atom is 0.418 e. The number of aromatic nitrogens is 3. The first-order chi connectivity index (χ1) is 25.7. The smallest absolute Gasteiger partial charge is 0.383 e. The van der Waals surface area contributed by atoms with Crippen LogP contribution in [-0.4, -0.2) is 54.8 Å². The number of rotatable bonds is 14. The average Bonchev–Trinajstić information content (AvgIpc) is 3.44. The summed E-state index contributed by atoms with van der Waals surface area (Å²) in [5.74, 6) is -3.68. The van der Waals surface area contributed by atoms with E-state index in [2.05, 4.69) is 10.4 Å². The standard InChI is InChI=1S/C37H34F5N5O6S/c1-3-4-13-33-44-47(31-21-24(34(48)43-18-19-53-2)16-17-28(31)37(40,41)42)36(50)46(33)22-25-15-14-23(20-30(25)39)26-9-6-8-12-32(26)54(51,52)45-35(49)27-10-5-7-11-29(27)38/h5-12,14-17,20-21H,3-4,13,18-19,22H2,1-2H3,(H,43,48)(H,45,49). The molecule has 0 aliphatic carbocycles. The van der Waals surface area contributed by atoms with Crippen LogP contribution in [0.25, 0.3) is 16.8 Å². The number of ether oxygens (including phenoxy) is 1. The van der Waals surface area contributed by atoms with E-state index < -0.39 is 73.6 Å². The van der Waals surface area contributed by atoms with Gasteiger partial charge in [-0.05, 0) is 54.4 Å². The monoisotopic (exact) mass is 771 g/mol. The second-order valence-electron chi connectivity index (χ2n) is 12.0. The van der Waals surface area contributed by atoms with Crippen molar-refractivity contribution in [2.24, 2.45) is 0 Å². The van der Waals surface area contributed by atoms with Gasteiger partial charge in [0.25, 0.3) is 21.8 Å². The van der Waals surface area contributed by atoms with Crippen LogP contribution < -0.4 is 15.7 Å². The van der Waals surface area contributed by atoms with Crippen molar-refractivity contribution in [1.29, 1.82) is 0 Å². The van der Waals surface area contributed by atoms with E-state index in [9.17, 15) is 40.4 Å². The van der Waals surface area contributed by atoms with Crippen molar-refractivity contribution >= 4 is 21.8 Å². The lowest BCUT2D eigenvalue weighted by Gasteiger charge is -2.14. The number of nitrogens with zero attached hydrogens (tertiary/aromatic N) is 3. The summed E-state index contributed by atoms with van der Waals surface area (Å²) in [6, 6.07) is 16.5. The molecule has 4 aromatic carbocycles. The predicted molar refractivity (Wildman–Crippen MR) is 188 cm³/mol. The number of alkyl halides is 3. The summed E-state index contributed by atoms with van der Waals surface area (Å²) in [6.07, 6.45) is -3.65. The highest BCUT2D eigenvalue weighted by molar-refractivity contribution is 7.90. The minimum Gasteiger partial charge on any atom is -0.383 e. The molecule has 1 aromatic heterocycles. The van der Waals surface area contributed by atoms with Crippen molar-refractivity contribution in [2.75, 3.05) is 20.3 Å². The lowest BCUT2D eigenvalue weighted by molar-refractivity contribution is -0.137. The molecule has 5 aromatic rings. The van der Waals surface area contributed by atoms with Gasteiger partial charge in [-0.15, -0.1) is 5.10 Å². The Morgan fingerprint density at radius 1 is 0.907 bits per heavy atom. The van der Waals surface area contributed by atoms with Gasteiger partial charge in [0, 0.05) is 36.8 Å². The highest BCUT2D eigenvalue weighted by Crippen LogP contribution is 2.34. The summed E-state index contributed by atoms with van der Waals surface area (Å²) in [5.41, 5.74) is -3.62. The number of carbonyl (C=O) groups is 2. The van der Waals surface area contributed by atoms with Crippen molar-refractivity contribution in [3.05, 3.63) is 135 Å². The van der Waals surface area contributed by atoms with Crippen LogP contribution in [0.5, 0.6) is 0 Å². The van der Waals surface area contributed by atoms with E-state index in [4.69, 9.17) is 4.74 Å². The molecule has 0 spiro atoms. The number of nitrogens with one attached hydrogen (secondary N) is 2. The van der Waals surface area contributed by atoms with Gasteiger partial charge in [-0.2, -0.15) is 17.9 Å². The van der Waals surface area contributed by atoms with Gasteiger partial charge in [-0.3, -0.25) is 14.2 Å². The number of benzene rings is 4. The molecule has 17 heteroatoms. The molecule has 0 atom stereocenters. The van der Waals surface area contributed by atoms with Crippen molar-refractivity contribution in [3.63, 3.8) is 0 Å². The van der Waals surface area contributed by atoms with Crippen LogP contribution in [0, 0.1) is 11.6 Å². The number of halogens is 5. The van der Waals surface area contributed by atoms with Crippen molar-refractivity contribution in [3.8, 4) is 16.8 Å². The molecule has 2 N–H and O–H groups in total. The third-order valence-electron chi connectivity index (χ3n) is 8.29. The Hall–Kier alpha value is -5.68. The van der Waals surface area contributed by atoms with Crippen LogP contribution in [0.2, 0.25) is 0 Å². The number of hydrogen-bond donors (Lipinski definition) is 2. The Morgan fingerprint density at radius 2 is 1.63 bits per heavy atom. The number of methoxy groups -OCH3 is 1. The number of unbranched alkanes of at least 4 members (excludes halogenated alkanes) is 1. The molecule has 54 heavy (non-hydrogen) atoms. The molecule has 0 aliphatic rings. The van der Waals surface area contributed by atoms with Gasteiger partial charge >= 0.3 is 11.9 Å². The van der Waals surface area contributed by atoms with Crippen LogP contribution in [0.1, 0.15) is 57.4 Å². The van der Waals surface area contributed by atoms with Crippen molar-refractivity contribution < 1.29 is 44.7 Å². The fourth-order valence-corrected chi connectivity index (χ4v) is 6.76. The third kappa shape index (κ3) is 8.74. The van der Waals surface area contributed by atoms with Crippen LogP contribution in [0.3, 0.4) is 0 Å². The molecule has 1 heterocycles. The highest BCUT2D eigenvalue weighted by atomic mass is 32.2. The molecule has 5 rings (SSSR count). The van der Waals surface area contributed by atoms with E-state index >= 15 is 4.39 Å². The van der Waals surface area contributed by atoms with Crippen LogP contribution in [0.15, 0.2) is 94.6 Å². The molecule has 0 bridgehead atoms. The highest BCUT2D eigenvalue weighted by Gasteiger charge is 2.36. The zero-order valence-electron chi connectivity index (χ0n) is 28.9. The van der Waals surface area contributed by atoms with Gasteiger partial charge in [0.2, 0.25) is 0 Å². The molecule has 0 aliphatic heterocycles. The molecule has 0 saturated heterocycles. The lowest BCUT2D eigenvalue weighted by atomic mass is 10.0. The molecule has 11 nitrogen and oxygen atoms in total. The molecular weight excluding hydrogens is 737 g/mol. The van der Waals surface area contributed by atoms with Gasteiger partial charge in [0.15, 0.2) is 0 Å². The van der Waals surface area contributed by atoms with Gasteiger partial charge in [-0.1, -0.05) is 55.8 Å². The normalized spacial score (nSPS) is 11.8. The molecule has 0 radical (unpaired) electrons. The number of carbonyl (C=O) groups excluding carboxylic acids is 2. The van der Waals surface area contributed by atoms with E-state index in [1.165, 1.54) is 55.6 Å². The Kier molecular flexibility index (Phi) is 12.1. The SMILES string of the molecule is CCCCc1nn(-c2cc(C(=O)NCCOC)ccc2C(F)(F)F)c(=O)n1Cc1ccc(-c2ccccc2S(=O)(=O)NC(=O)c2ccccc2F)cc1F. The molecule has 2 amide bonds. The summed E-state index contributed by atoms with van der Waals surface area (Å²) in [7, 11) is -3.19. The Bertz CT molecular complexity index is 2360. The quantitative estimate of drug-likeness (QED) is 0.106. The Balaban J connectivity index is 1.51. The van der Waals surface area contributed by atoms with E-state index in [1.54, 1.807) is 0 Å². The topological polar surface area (TPSA) is 141 Å². The second-order valence-corrected chi connectivity index (χ2v) is 13.6. The Morgan fingerprint density at radius 3 is 2.31 bits per heavy atom. The van der Waals surface area contributed by atoms with Crippen molar-refractivity contribution in [2.45, 2.75) is 43.8 Å². The predicted octanol–water partition coefficient (Wildman–Crippen LogP) is 5.88. The van der Waals surface area contributed by atoms with Gasteiger partial charge in [-0.25, -0.2) is 26.7 Å². The average molecular weight is 772 g/mol. The van der Waals surface area contributed by atoms with E-state index in [1.807, 2.05) is 11.6 Å². The number of hydrogen-bond acceptors (Lipinski definition) is 7. The maximum absolute atomic E-state index is 15.9. The first-order valence-electron chi connectivity index (χ1n) is 16.5. The molecule has 0 fully saturated rings. The summed E-state index contributed by atoms with van der Waals surface area (Å²) in [6.45, 7) is 1.64. The zero-order chi connectivity index (χ0) is 39.2. The van der Waals surface area contributed by atoms with E-state index in [-0.39, 0.29) is 47.7 Å². The summed E-state index contributed by atoms with van der Waals surface area (Å²) >= 11 is 0. The summed E-state index contributed by atoms with van der Waals surface area (Å²) in [4.78, 5) is 38.8. The van der Waals surface area contributed by atoms with E-state index in [0.29, 0.717) is 23.6 Å². The molecule has 284 valence electrons. The van der Waals surface area contributed by atoms with Crippen LogP contribution in [0.4, 0.5) is 22.0 Å². The van der Waals surface area contributed by atoms with E-state index in [0.717, 1.165) is 34.9 Å². The summed E-state index contributed by atoms with van der Waals surface area (Å²) < 4.78 is 108.